The van der Waals surface area contributed by atoms with Gasteiger partial charge in [-0.1, -0.05) is 13.0 Å². The minimum Gasteiger partial charge on any atom is -0.465 e. The Hall–Kier alpha value is -1.51. The fourth-order valence-electron chi connectivity index (χ4n) is 2.51. The van der Waals surface area contributed by atoms with E-state index in [0.717, 1.165) is 13.2 Å². The summed E-state index contributed by atoms with van der Waals surface area (Å²) < 4.78 is 45.1. The number of sulfonamides is 1. The van der Waals surface area contributed by atoms with Crippen LogP contribution in [0, 0.1) is 11.2 Å². The molecule has 1 fully saturated rings. The number of hydrogen-bond donors (Lipinski definition) is 1. The van der Waals surface area contributed by atoms with Gasteiger partial charge in [-0.15, -0.1) is 0 Å². The summed E-state index contributed by atoms with van der Waals surface area (Å²) in [4.78, 5) is 11.4. The number of methoxy groups -OCH3 is 1. The number of nitrogens with two attached hydrogens (primary N) is 1. The molecule has 0 spiro atoms. The monoisotopic (exact) mass is 330 g/mol. The Labute approximate surface area is 129 Å². The topological polar surface area (TPSA) is 89.7 Å². The highest BCUT2D eigenvalue weighted by atomic mass is 32.2. The second kappa shape index (κ2) is 5.94. The first-order valence-corrected chi connectivity index (χ1v) is 8.26. The van der Waals surface area contributed by atoms with Gasteiger partial charge in [-0.05, 0) is 30.5 Å². The van der Waals surface area contributed by atoms with Crippen molar-refractivity contribution < 1.29 is 22.3 Å². The highest BCUT2D eigenvalue weighted by Crippen LogP contribution is 2.33. The Bertz CT molecular complexity index is 692. The molecule has 122 valence electrons. The molecular weight excluding hydrogens is 311 g/mol. The molecule has 1 atom stereocenters. The third-order valence-electron chi connectivity index (χ3n) is 4.00. The van der Waals surface area contributed by atoms with Crippen LogP contribution in [0.4, 0.5) is 4.39 Å². The third kappa shape index (κ3) is 2.86. The van der Waals surface area contributed by atoms with Crippen molar-refractivity contribution in [2.24, 2.45) is 11.1 Å². The molecule has 1 aromatic carbocycles. The normalized spacial score (nSPS) is 22.7. The number of benzene rings is 1. The van der Waals surface area contributed by atoms with E-state index in [0.29, 0.717) is 13.0 Å². The lowest BCUT2D eigenvalue weighted by molar-refractivity contribution is 0.0590. The zero-order valence-corrected chi connectivity index (χ0v) is 13.3. The quantitative estimate of drug-likeness (QED) is 0.831. The number of nitrogens with zero attached hydrogens (tertiary/aromatic N) is 1. The van der Waals surface area contributed by atoms with Crippen LogP contribution in [0.3, 0.4) is 0 Å². The first kappa shape index (κ1) is 16.9. The molecule has 1 unspecified atom stereocenters. The fourth-order valence-corrected chi connectivity index (χ4v) is 4.29. The van der Waals surface area contributed by atoms with Gasteiger partial charge in [-0.2, -0.15) is 4.31 Å². The summed E-state index contributed by atoms with van der Waals surface area (Å²) in [5, 5.41) is 0. The maximum Gasteiger partial charge on any atom is 0.342 e. The van der Waals surface area contributed by atoms with Gasteiger partial charge in [0.1, 0.15) is 11.4 Å². The Balaban J connectivity index is 2.48. The summed E-state index contributed by atoms with van der Waals surface area (Å²) in [5.74, 6) is -1.94. The summed E-state index contributed by atoms with van der Waals surface area (Å²) in [5.41, 5.74) is 4.80. The molecule has 0 aromatic heterocycles. The second-order valence-electron chi connectivity index (χ2n) is 5.71. The first-order valence-electron chi connectivity index (χ1n) is 6.82. The average molecular weight is 330 g/mol. The van der Waals surface area contributed by atoms with Crippen molar-refractivity contribution in [1.29, 1.82) is 0 Å². The smallest absolute Gasteiger partial charge is 0.342 e. The van der Waals surface area contributed by atoms with Crippen molar-refractivity contribution in [2.75, 3.05) is 26.7 Å². The summed E-state index contributed by atoms with van der Waals surface area (Å²) in [6, 6.07) is 3.49. The molecule has 2 N–H and O–H groups in total. The van der Waals surface area contributed by atoms with Crippen molar-refractivity contribution in [1.82, 2.24) is 4.31 Å². The van der Waals surface area contributed by atoms with Gasteiger partial charge in [0.05, 0.1) is 12.0 Å². The minimum absolute atomic E-state index is 0.239. The lowest BCUT2D eigenvalue weighted by Crippen LogP contribution is -2.35. The summed E-state index contributed by atoms with van der Waals surface area (Å²) in [7, 11) is -2.92. The van der Waals surface area contributed by atoms with Gasteiger partial charge in [0.25, 0.3) is 0 Å². The predicted octanol–water partition coefficient (Wildman–Crippen LogP) is 0.972. The van der Waals surface area contributed by atoms with Gasteiger partial charge in [0.2, 0.25) is 10.0 Å². The Morgan fingerprint density at radius 1 is 1.50 bits per heavy atom. The zero-order chi connectivity index (χ0) is 16.5. The number of esters is 1. The molecule has 6 nitrogen and oxygen atoms in total. The molecule has 0 saturated carbocycles. The maximum atomic E-state index is 13.9. The number of hydrogen-bond acceptors (Lipinski definition) is 5. The number of ether oxygens (including phenoxy) is 1. The van der Waals surface area contributed by atoms with Crippen LogP contribution in [0.15, 0.2) is 23.1 Å². The molecule has 1 aromatic rings. The molecule has 8 heteroatoms. The predicted molar refractivity (Wildman–Crippen MR) is 78.3 cm³/mol. The molecule has 0 aliphatic carbocycles. The van der Waals surface area contributed by atoms with Crippen molar-refractivity contribution in [2.45, 2.75) is 18.2 Å². The standard InChI is InChI=1S/C14H19FN2O4S/c1-14(8-16)6-7-17(9-14)22(19,20)11-5-3-4-10(15)12(11)13(18)21-2/h3-5H,6-9,16H2,1-2H3. The van der Waals surface area contributed by atoms with Crippen LogP contribution >= 0.6 is 0 Å². The summed E-state index contributed by atoms with van der Waals surface area (Å²) in [6.45, 7) is 2.78. The van der Waals surface area contributed by atoms with Crippen LogP contribution in [0.1, 0.15) is 23.7 Å². The molecule has 1 aliphatic heterocycles. The molecular formula is C14H19FN2O4S. The molecule has 22 heavy (non-hydrogen) atoms. The van der Waals surface area contributed by atoms with E-state index in [9.17, 15) is 17.6 Å². The molecule has 0 bridgehead atoms. The van der Waals surface area contributed by atoms with E-state index in [-0.39, 0.29) is 23.4 Å². The molecule has 0 amide bonds. The van der Waals surface area contributed by atoms with Gasteiger partial charge in [-0.25, -0.2) is 17.6 Å². The van der Waals surface area contributed by atoms with Crippen LogP contribution in [-0.4, -0.2) is 45.4 Å². The SMILES string of the molecule is COC(=O)c1c(F)cccc1S(=O)(=O)N1CCC(C)(CN)C1. The lowest BCUT2D eigenvalue weighted by Gasteiger charge is -2.23. The summed E-state index contributed by atoms with van der Waals surface area (Å²) >= 11 is 0. The number of rotatable bonds is 4. The molecule has 1 heterocycles. The highest BCUT2D eigenvalue weighted by molar-refractivity contribution is 7.89. The second-order valence-corrected chi connectivity index (χ2v) is 7.61. The van der Waals surface area contributed by atoms with E-state index in [1.165, 1.54) is 16.4 Å². The first-order chi connectivity index (χ1) is 10.2. The average Bonchev–Trinajstić information content (AvgIpc) is 2.90. The molecule has 0 radical (unpaired) electrons. The van der Waals surface area contributed by atoms with Crippen LogP contribution in [0.5, 0.6) is 0 Å². The zero-order valence-electron chi connectivity index (χ0n) is 12.5. The van der Waals surface area contributed by atoms with Crippen LogP contribution in [-0.2, 0) is 14.8 Å². The van der Waals surface area contributed by atoms with Crippen molar-refractivity contribution in [3.05, 3.63) is 29.6 Å². The van der Waals surface area contributed by atoms with E-state index in [4.69, 9.17) is 5.73 Å². The van der Waals surface area contributed by atoms with E-state index in [1.54, 1.807) is 0 Å². The summed E-state index contributed by atoms with van der Waals surface area (Å²) in [6.07, 6.45) is 0.617. The maximum absolute atomic E-state index is 13.9. The van der Waals surface area contributed by atoms with Crippen LogP contribution in [0.2, 0.25) is 0 Å². The van der Waals surface area contributed by atoms with Gasteiger partial charge in [0, 0.05) is 13.1 Å². The number of halogens is 1. The number of carbonyl (C=O) groups is 1. The van der Waals surface area contributed by atoms with Gasteiger partial charge < -0.3 is 10.5 Å². The Morgan fingerprint density at radius 2 is 2.18 bits per heavy atom. The van der Waals surface area contributed by atoms with E-state index >= 15 is 0 Å². The van der Waals surface area contributed by atoms with Gasteiger partial charge in [-0.3, -0.25) is 0 Å². The van der Waals surface area contributed by atoms with Crippen LogP contribution in [0.25, 0.3) is 0 Å². The fraction of sp³-hybridized carbons (Fsp3) is 0.500. The van der Waals surface area contributed by atoms with E-state index < -0.39 is 27.4 Å². The highest BCUT2D eigenvalue weighted by Gasteiger charge is 2.40. The molecule has 2 rings (SSSR count). The lowest BCUT2D eigenvalue weighted by atomic mass is 9.90. The number of carbonyl (C=O) groups excluding carboxylic acids is 1. The van der Waals surface area contributed by atoms with Crippen molar-refractivity contribution in [3.63, 3.8) is 0 Å². The Morgan fingerprint density at radius 3 is 2.73 bits per heavy atom. The third-order valence-corrected chi connectivity index (χ3v) is 5.89. The Kier molecular flexibility index (Phi) is 4.55. The van der Waals surface area contributed by atoms with Gasteiger partial charge >= 0.3 is 5.97 Å². The van der Waals surface area contributed by atoms with E-state index in [2.05, 4.69) is 4.74 Å². The van der Waals surface area contributed by atoms with Crippen molar-refractivity contribution in [3.8, 4) is 0 Å². The molecule has 1 aliphatic rings. The van der Waals surface area contributed by atoms with Crippen LogP contribution < -0.4 is 5.73 Å². The molecule has 1 saturated heterocycles. The van der Waals surface area contributed by atoms with E-state index in [1.807, 2.05) is 6.92 Å². The van der Waals surface area contributed by atoms with Crippen molar-refractivity contribution >= 4 is 16.0 Å². The van der Waals surface area contributed by atoms with Gasteiger partial charge in [0.15, 0.2) is 0 Å². The largest absolute Gasteiger partial charge is 0.465 e. The minimum atomic E-state index is -3.99.